The third-order valence-corrected chi connectivity index (χ3v) is 4.93. The first-order chi connectivity index (χ1) is 9.27. The van der Waals surface area contributed by atoms with Crippen molar-refractivity contribution in [3.8, 4) is 0 Å². The van der Waals surface area contributed by atoms with E-state index in [1.807, 2.05) is 18.9 Å². The summed E-state index contributed by atoms with van der Waals surface area (Å²) in [6.45, 7) is 5.67. The molecule has 112 valence electrons. The fraction of sp³-hybridized carbons (Fsp3) is 0.462. The Balaban J connectivity index is 2.85. The summed E-state index contributed by atoms with van der Waals surface area (Å²) in [7, 11) is -1.56. The van der Waals surface area contributed by atoms with E-state index in [-0.39, 0.29) is 9.88 Å². The summed E-state index contributed by atoms with van der Waals surface area (Å²) in [6, 6.07) is 4.85. The molecule has 3 N–H and O–H groups in total. The van der Waals surface area contributed by atoms with Crippen LogP contribution in [0.15, 0.2) is 23.1 Å². The summed E-state index contributed by atoms with van der Waals surface area (Å²) >= 11 is 4.88. The van der Waals surface area contributed by atoms with Gasteiger partial charge in [0.25, 0.3) is 0 Å². The first kappa shape index (κ1) is 17.0. The third-order valence-electron chi connectivity index (χ3n) is 3.07. The summed E-state index contributed by atoms with van der Waals surface area (Å²) in [5.74, 6) is 0. The number of rotatable bonds is 7. The topological polar surface area (TPSA) is 75.4 Å². The fourth-order valence-electron chi connectivity index (χ4n) is 1.71. The Labute approximate surface area is 126 Å². The molecule has 1 rings (SSSR count). The SMILES string of the molecule is CCN(C)CCNS(=O)(=O)c1ccc(C(N)=S)cc1C. The van der Waals surface area contributed by atoms with Crippen LogP contribution in [0.4, 0.5) is 0 Å². The van der Waals surface area contributed by atoms with Crippen LogP contribution >= 0.6 is 12.2 Å². The lowest BCUT2D eigenvalue weighted by Crippen LogP contribution is -2.33. The molecule has 0 aliphatic rings. The highest BCUT2D eigenvalue weighted by Crippen LogP contribution is 2.16. The third kappa shape index (κ3) is 4.52. The molecule has 0 aliphatic heterocycles. The van der Waals surface area contributed by atoms with E-state index in [1.54, 1.807) is 19.1 Å². The summed E-state index contributed by atoms with van der Waals surface area (Å²) in [5, 5.41) is 0. The maximum atomic E-state index is 12.2. The zero-order chi connectivity index (χ0) is 15.3. The van der Waals surface area contributed by atoms with E-state index in [9.17, 15) is 8.42 Å². The average molecular weight is 315 g/mol. The van der Waals surface area contributed by atoms with Crippen LogP contribution in [0.25, 0.3) is 0 Å². The molecule has 0 saturated heterocycles. The number of nitrogens with one attached hydrogen (secondary N) is 1. The lowest BCUT2D eigenvalue weighted by molar-refractivity contribution is 0.358. The molecule has 0 bridgehead atoms. The van der Waals surface area contributed by atoms with Crippen LogP contribution in [0.2, 0.25) is 0 Å². The molecule has 5 nitrogen and oxygen atoms in total. The van der Waals surface area contributed by atoms with Gasteiger partial charge in [0.15, 0.2) is 0 Å². The van der Waals surface area contributed by atoms with Crippen LogP contribution in [0.5, 0.6) is 0 Å². The van der Waals surface area contributed by atoms with Gasteiger partial charge in [-0.2, -0.15) is 0 Å². The Kier molecular flexibility index (Phi) is 6.07. The zero-order valence-electron chi connectivity index (χ0n) is 12.0. The van der Waals surface area contributed by atoms with Gasteiger partial charge in [0.05, 0.1) is 4.90 Å². The van der Waals surface area contributed by atoms with E-state index >= 15 is 0 Å². The number of sulfonamides is 1. The average Bonchev–Trinajstić information content (AvgIpc) is 2.37. The minimum atomic E-state index is -3.50. The fourth-order valence-corrected chi connectivity index (χ4v) is 3.08. The van der Waals surface area contributed by atoms with Crippen molar-refractivity contribution < 1.29 is 8.42 Å². The summed E-state index contributed by atoms with van der Waals surface area (Å²) < 4.78 is 27.0. The standard InChI is InChI=1S/C13H21N3O2S2/c1-4-16(3)8-7-15-20(17,18)12-6-5-11(13(14)19)9-10(12)2/h5-6,9,15H,4,7-8H2,1-3H3,(H2,14,19). The predicted octanol–water partition coefficient (Wildman–Crippen LogP) is 0.859. The first-order valence-electron chi connectivity index (χ1n) is 6.36. The monoisotopic (exact) mass is 315 g/mol. The molecular weight excluding hydrogens is 294 g/mol. The highest BCUT2D eigenvalue weighted by molar-refractivity contribution is 7.89. The van der Waals surface area contributed by atoms with Crippen molar-refractivity contribution in [1.82, 2.24) is 9.62 Å². The van der Waals surface area contributed by atoms with Crippen LogP contribution in [0, 0.1) is 6.92 Å². The van der Waals surface area contributed by atoms with Gasteiger partial charge in [0.2, 0.25) is 10.0 Å². The molecule has 0 saturated carbocycles. The quantitative estimate of drug-likeness (QED) is 0.730. The van der Waals surface area contributed by atoms with Gasteiger partial charge in [0.1, 0.15) is 4.99 Å². The van der Waals surface area contributed by atoms with Gasteiger partial charge in [-0.15, -0.1) is 0 Å². The molecule has 0 unspecified atom stereocenters. The normalized spacial score (nSPS) is 11.8. The molecular formula is C13H21N3O2S2. The Morgan fingerprint density at radius 3 is 2.60 bits per heavy atom. The molecule has 20 heavy (non-hydrogen) atoms. The van der Waals surface area contributed by atoms with Crippen molar-refractivity contribution in [1.29, 1.82) is 0 Å². The van der Waals surface area contributed by atoms with Gasteiger partial charge in [-0.3, -0.25) is 0 Å². The molecule has 0 spiro atoms. The molecule has 7 heteroatoms. The van der Waals surface area contributed by atoms with E-state index in [4.69, 9.17) is 18.0 Å². The molecule has 0 aromatic heterocycles. The van der Waals surface area contributed by atoms with Gasteiger partial charge in [0, 0.05) is 18.7 Å². The van der Waals surface area contributed by atoms with Crippen molar-refractivity contribution in [3.05, 3.63) is 29.3 Å². The second kappa shape index (κ2) is 7.12. The maximum Gasteiger partial charge on any atom is 0.240 e. The lowest BCUT2D eigenvalue weighted by Gasteiger charge is -2.15. The number of hydrogen-bond acceptors (Lipinski definition) is 4. The van der Waals surface area contributed by atoms with Gasteiger partial charge in [-0.05, 0) is 38.2 Å². The van der Waals surface area contributed by atoms with Crippen molar-refractivity contribution in [2.75, 3.05) is 26.7 Å². The Morgan fingerprint density at radius 1 is 1.45 bits per heavy atom. The Hall–Kier alpha value is -1.02. The number of thiocarbonyl (C=S) groups is 1. The number of benzene rings is 1. The van der Waals surface area contributed by atoms with Crippen molar-refractivity contribution in [2.24, 2.45) is 5.73 Å². The van der Waals surface area contributed by atoms with E-state index in [0.29, 0.717) is 24.2 Å². The van der Waals surface area contributed by atoms with Gasteiger partial charge in [-0.25, -0.2) is 13.1 Å². The molecule has 0 heterocycles. The highest BCUT2D eigenvalue weighted by Gasteiger charge is 2.16. The van der Waals surface area contributed by atoms with E-state index in [0.717, 1.165) is 6.54 Å². The molecule has 0 radical (unpaired) electrons. The summed E-state index contributed by atoms with van der Waals surface area (Å²) in [4.78, 5) is 2.55. The highest BCUT2D eigenvalue weighted by atomic mass is 32.2. The molecule has 0 fully saturated rings. The van der Waals surface area contributed by atoms with E-state index in [2.05, 4.69) is 4.72 Å². The van der Waals surface area contributed by atoms with Gasteiger partial charge < -0.3 is 10.6 Å². The summed E-state index contributed by atoms with van der Waals surface area (Å²) in [6.07, 6.45) is 0. The van der Waals surface area contributed by atoms with Gasteiger partial charge in [-0.1, -0.05) is 25.2 Å². The second-order valence-corrected chi connectivity index (χ2v) is 6.81. The maximum absolute atomic E-state index is 12.2. The number of nitrogens with zero attached hydrogens (tertiary/aromatic N) is 1. The second-order valence-electron chi connectivity index (χ2n) is 4.64. The Morgan fingerprint density at radius 2 is 2.10 bits per heavy atom. The van der Waals surface area contributed by atoms with Crippen LogP contribution < -0.4 is 10.5 Å². The first-order valence-corrected chi connectivity index (χ1v) is 8.25. The lowest BCUT2D eigenvalue weighted by atomic mass is 10.1. The number of likely N-dealkylation sites (N-methyl/N-ethyl adjacent to an activating group) is 1. The molecule has 0 amide bonds. The van der Waals surface area contributed by atoms with Crippen molar-refractivity contribution in [3.63, 3.8) is 0 Å². The van der Waals surface area contributed by atoms with Crippen molar-refractivity contribution in [2.45, 2.75) is 18.7 Å². The van der Waals surface area contributed by atoms with Crippen LogP contribution in [0.1, 0.15) is 18.1 Å². The van der Waals surface area contributed by atoms with Gasteiger partial charge >= 0.3 is 0 Å². The zero-order valence-corrected chi connectivity index (χ0v) is 13.6. The molecule has 0 atom stereocenters. The number of nitrogens with two attached hydrogens (primary N) is 1. The van der Waals surface area contributed by atoms with E-state index < -0.39 is 10.0 Å². The van der Waals surface area contributed by atoms with Crippen LogP contribution in [0.3, 0.4) is 0 Å². The molecule has 0 aliphatic carbocycles. The molecule has 1 aromatic carbocycles. The van der Waals surface area contributed by atoms with Crippen LogP contribution in [-0.4, -0.2) is 45.0 Å². The van der Waals surface area contributed by atoms with Crippen molar-refractivity contribution >= 4 is 27.2 Å². The van der Waals surface area contributed by atoms with Crippen LogP contribution in [-0.2, 0) is 10.0 Å². The molecule has 1 aromatic rings. The minimum Gasteiger partial charge on any atom is -0.389 e. The summed E-state index contributed by atoms with van der Waals surface area (Å²) in [5.41, 5.74) is 6.83. The Bertz CT molecular complexity index is 585. The minimum absolute atomic E-state index is 0.259. The number of aryl methyl sites for hydroxylation is 1. The van der Waals surface area contributed by atoms with E-state index in [1.165, 1.54) is 6.07 Å². The smallest absolute Gasteiger partial charge is 0.240 e. The predicted molar refractivity (Wildman–Crippen MR) is 85.4 cm³/mol. The largest absolute Gasteiger partial charge is 0.389 e. The number of hydrogen-bond donors (Lipinski definition) is 2.